The van der Waals surface area contributed by atoms with Gasteiger partial charge in [0.25, 0.3) is 0 Å². The Kier molecular flexibility index (Phi) is 29.0. The van der Waals surface area contributed by atoms with Crippen molar-refractivity contribution in [3.05, 3.63) is 329 Å². The monoisotopic (exact) mass is 1370 g/mol. The summed E-state index contributed by atoms with van der Waals surface area (Å²) in [4.78, 5) is 89.3. The molecule has 0 atom stereocenters. The number of hydrogen-bond donors (Lipinski definition) is 3. The summed E-state index contributed by atoms with van der Waals surface area (Å²) in [5, 5.41) is 9.99. The van der Waals surface area contributed by atoms with E-state index in [2.05, 4.69) is 178 Å². The SMILES string of the molecule is Cc1cccnc1CN(CCC1=COC(=O)C1)Cc1ncccc1C.Cc1cccnc1CN(CCc1c[nH]c(=O)o1)Cc1ncccc1C.Cc1cccnc1CN(CCc1cc(=O)cc[nH]1)Cc1ncccc1C.Cc1cccnc1CN(CCc1ncccc1O)Cc1ncccc1C. The molecule has 3 N–H and O–H groups in total. The minimum atomic E-state index is -0.414. The van der Waals surface area contributed by atoms with Crippen molar-refractivity contribution in [2.45, 2.75) is 140 Å². The lowest BCUT2D eigenvalue weighted by molar-refractivity contribution is -0.135. The van der Waals surface area contributed by atoms with E-state index in [0.29, 0.717) is 30.7 Å². The smallest absolute Gasteiger partial charge is 0.416 e. The van der Waals surface area contributed by atoms with Gasteiger partial charge in [0.05, 0.1) is 63.9 Å². The Labute approximate surface area is 597 Å². The number of aryl methyl sites for hydroxylation is 8. The molecule has 11 aromatic heterocycles. The lowest BCUT2D eigenvalue weighted by atomic mass is 10.1. The Bertz CT molecular complexity index is 4420. The average molecular weight is 1370 g/mol. The number of pyridine rings is 10. The molecular formula is C81H93N15O6. The van der Waals surface area contributed by atoms with Crippen molar-refractivity contribution in [2.75, 3.05) is 26.2 Å². The van der Waals surface area contributed by atoms with E-state index in [1.165, 1.54) is 50.6 Å². The van der Waals surface area contributed by atoms with Crippen LogP contribution in [-0.2, 0) is 81.2 Å². The van der Waals surface area contributed by atoms with Crippen LogP contribution < -0.4 is 11.2 Å². The van der Waals surface area contributed by atoms with Gasteiger partial charge in [-0.2, -0.15) is 0 Å². The second-order valence-corrected chi connectivity index (χ2v) is 25.6. The number of oxazole rings is 1. The van der Waals surface area contributed by atoms with Crippen LogP contribution in [0.25, 0.3) is 0 Å². The highest BCUT2D eigenvalue weighted by molar-refractivity contribution is 5.75. The summed E-state index contributed by atoms with van der Waals surface area (Å²) in [6.45, 7) is 25.7. The number of rotatable bonds is 28. The van der Waals surface area contributed by atoms with Gasteiger partial charge < -0.3 is 19.2 Å². The van der Waals surface area contributed by atoms with Crippen molar-refractivity contribution in [3.8, 4) is 5.75 Å². The van der Waals surface area contributed by atoms with Crippen molar-refractivity contribution >= 4 is 5.97 Å². The maximum absolute atomic E-state index is 11.6. The van der Waals surface area contributed by atoms with Gasteiger partial charge in [0.2, 0.25) is 0 Å². The van der Waals surface area contributed by atoms with Crippen LogP contribution in [0.5, 0.6) is 5.75 Å². The van der Waals surface area contributed by atoms with Crippen LogP contribution in [0.3, 0.4) is 0 Å². The van der Waals surface area contributed by atoms with E-state index < -0.39 is 5.76 Å². The maximum atomic E-state index is 11.6. The molecule has 0 saturated carbocycles. The van der Waals surface area contributed by atoms with Crippen molar-refractivity contribution in [2.24, 2.45) is 0 Å². The van der Waals surface area contributed by atoms with E-state index in [9.17, 15) is 19.5 Å². The number of aromatic nitrogens is 11. The number of carbonyl (C=O) groups excluding carboxylic acids is 1. The zero-order chi connectivity index (χ0) is 72.0. The fraction of sp³-hybridized carbons (Fsp3) is 0.309. The molecule has 0 radical (unpaired) electrons. The van der Waals surface area contributed by atoms with Crippen LogP contribution in [0, 0.1) is 55.4 Å². The molecule has 1 aliphatic rings. The van der Waals surface area contributed by atoms with Crippen molar-refractivity contribution < 1.29 is 19.1 Å². The molecule has 21 nitrogen and oxygen atoms in total. The normalized spacial score (nSPS) is 11.8. The molecule has 21 heteroatoms. The highest BCUT2D eigenvalue weighted by Gasteiger charge is 2.20. The Hall–Kier alpha value is -10.8. The number of hydrogen-bond acceptors (Lipinski definition) is 19. The van der Waals surface area contributed by atoms with Gasteiger partial charge in [0.1, 0.15) is 11.5 Å². The third kappa shape index (κ3) is 24.5. The molecule has 0 unspecified atom stereocenters. The fourth-order valence-corrected chi connectivity index (χ4v) is 11.4. The van der Waals surface area contributed by atoms with Crippen LogP contribution in [0.15, 0.2) is 215 Å². The summed E-state index contributed by atoms with van der Waals surface area (Å²) in [6, 6.07) is 38.9. The van der Waals surface area contributed by atoms with Gasteiger partial charge in [-0.3, -0.25) is 79.0 Å². The van der Waals surface area contributed by atoms with Gasteiger partial charge in [-0.25, -0.2) is 4.79 Å². The Morgan fingerprint density at radius 2 is 0.696 bits per heavy atom. The van der Waals surface area contributed by atoms with Crippen molar-refractivity contribution in [3.63, 3.8) is 0 Å². The van der Waals surface area contributed by atoms with Gasteiger partial charge in [-0.15, -0.1) is 0 Å². The van der Waals surface area contributed by atoms with Gasteiger partial charge in [0.15, 0.2) is 5.43 Å². The number of aromatic amines is 2. The van der Waals surface area contributed by atoms with Crippen molar-refractivity contribution in [1.29, 1.82) is 0 Å². The standard InChI is InChI=1S/2C21H24N4O.C20H23N3O2.C19H22N4O2/c1-16-6-3-10-23-19(16)14-25(15-20-17(2)7-4-11-24-20)13-9-18-21(26)8-5-12-22-18;1-16-5-3-9-23-20(16)14-25(15-21-17(2)6-4-10-24-21)12-8-18-13-19(26)7-11-22-18;1-15-5-3-8-21-18(15)12-23(10-7-17-11-20(24)25-14-17)13-19-16(2)6-4-9-22-19;1-14-5-3-8-20-17(14)12-23(10-7-16-11-22-19(24)25-16)13-18-15(2)6-4-9-21-18/h3-8,10-12,26H,9,13-15H2,1-2H3;3-7,9-11,13H,8,12,14-15H2,1-2H3,(H,22,26);3-6,8-9,14H,7,10-13H2,1-2H3;3-6,8-9,11H,7,10,12-13H2,1-2H3,(H,22,24). The van der Waals surface area contributed by atoms with E-state index in [0.717, 1.165) is 148 Å². The lowest BCUT2D eigenvalue weighted by Crippen LogP contribution is -2.27. The first-order chi connectivity index (χ1) is 49.5. The van der Waals surface area contributed by atoms with Crippen LogP contribution in [0.1, 0.15) is 120 Å². The fourth-order valence-electron chi connectivity index (χ4n) is 11.4. The first-order valence-corrected chi connectivity index (χ1v) is 34.5. The Balaban J connectivity index is 0.000000158. The first-order valence-electron chi connectivity index (χ1n) is 34.5. The highest BCUT2D eigenvalue weighted by atomic mass is 16.5. The van der Waals surface area contributed by atoms with Gasteiger partial charge >= 0.3 is 11.7 Å². The number of esters is 1. The summed E-state index contributed by atoms with van der Waals surface area (Å²) >= 11 is 0. The van der Waals surface area contributed by atoms with E-state index in [1.807, 2.05) is 98.1 Å². The number of nitrogens with zero attached hydrogens (tertiary/aromatic N) is 13. The molecular weight excluding hydrogens is 1280 g/mol. The summed E-state index contributed by atoms with van der Waals surface area (Å²) in [5.41, 5.74) is 20.7. The first kappa shape index (κ1) is 75.4. The minimum absolute atomic E-state index is 0.0337. The molecule has 1 aliphatic heterocycles. The number of nitrogens with one attached hydrogen (secondary N) is 2. The molecule has 11 aromatic rings. The number of carbonyl (C=O) groups is 1. The predicted octanol–water partition coefficient (Wildman–Crippen LogP) is 12.4. The Morgan fingerprint density at radius 1 is 0.382 bits per heavy atom. The molecule has 0 fully saturated rings. The number of aromatic hydroxyl groups is 1. The second kappa shape index (κ2) is 39.2. The Morgan fingerprint density at radius 3 is 0.990 bits per heavy atom. The molecule has 0 aromatic carbocycles. The third-order valence-corrected chi connectivity index (χ3v) is 17.7. The van der Waals surface area contributed by atoms with Crippen LogP contribution in [0.4, 0.5) is 0 Å². The van der Waals surface area contributed by atoms with Gasteiger partial charge in [-0.1, -0.05) is 48.5 Å². The summed E-state index contributed by atoms with van der Waals surface area (Å²) in [7, 11) is 0. The summed E-state index contributed by atoms with van der Waals surface area (Å²) in [5.74, 6) is 0.325. The highest BCUT2D eigenvalue weighted by Crippen LogP contribution is 2.22. The average Bonchev–Trinajstić information content (AvgIpc) is 0.968. The second-order valence-electron chi connectivity index (χ2n) is 25.6. The minimum Gasteiger partial charge on any atom is -0.506 e. The van der Waals surface area contributed by atoms with Crippen LogP contribution >= 0.6 is 0 Å². The third-order valence-electron chi connectivity index (χ3n) is 17.7. The van der Waals surface area contributed by atoms with Crippen LogP contribution in [0.2, 0.25) is 0 Å². The predicted molar refractivity (Wildman–Crippen MR) is 395 cm³/mol. The molecule has 102 heavy (non-hydrogen) atoms. The van der Waals surface area contributed by atoms with E-state index >= 15 is 0 Å². The quantitative estimate of drug-likeness (QED) is 0.0385. The van der Waals surface area contributed by atoms with E-state index in [1.54, 1.807) is 43.1 Å². The number of H-pyrrole nitrogens is 2. The van der Waals surface area contributed by atoms with Gasteiger partial charge in [-0.05, 0) is 173 Å². The molecule has 12 heterocycles. The molecule has 0 bridgehead atoms. The molecule has 0 aliphatic carbocycles. The lowest BCUT2D eigenvalue weighted by Gasteiger charge is -2.23. The summed E-state index contributed by atoms with van der Waals surface area (Å²) < 4.78 is 10.0. The van der Waals surface area contributed by atoms with Gasteiger partial charge in [0, 0.05) is 184 Å². The van der Waals surface area contributed by atoms with E-state index in [4.69, 9.17) is 9.15 Å². The van der Waals surface area contributed by atoms with Crippen molar-refractivity contribution in [1.82, 2.24) is 74.4 Å². The topological polar surface area (TPSA) is 254 Å². The molecule has 0 spiro atoms. The van der Waals surface area contributed by atoms with E-state index in [-0.39, 0.29) is 17.1 Å². The summed E-state index contributed by atoms with van der Waals surface area (Å²) in [6.07, 6.45) is 24.6. The zero-order valence-corrected chi connectivity index (χ0v) is 59.8. The maximum Gasteiger partial charge on any atom is 0.416 e. The molecule has 0 amide bonds. The molecule has 12 rings (SSSR count). The molecule has 0 saturated heterocycles. The van der Waals surface area contributed by atoms with Crippen LogP contribution in [-0.4, -0.2) is 112 Å². The zero-order valence-electron chi connectivity index (χ0n) is 59.8. The number of cyclic esters (lactones) is 1. The molecule has 528 valence electrons. The number of ether oxygens (including phenoxy) is 1. The largest absolute Gasteiger partial charge is 0.506 e.